The summed E-state index contributed by atoms with van der Waals surface area (Å²) in [6.07, 6.45) is -3.91. The van der Waals surface area contributed by atoms with Gasteiger partial charge in [0.05, 0.1) is 23.1 Å². The number of hydrogen-bond acceptors (Lipinski definition) is 5. The van der Waals surface area contributed by atoms with E-state index in [4.69, 9.17) is 17.3 Å². The highest BCUT2D eigenvalue weighted by Crippen LogP contribution is 2.51. The van der Waals surface area contributed by atoms with E-state index in [0.29, 0.717) is 28.5 Å². The number of nitrogens with zero attached hydrogens (tertiary/aromatic N) is 2. The molecule has 1 unspecified atom stereocenters. The van der Waals surface area contributed by atoms with Gasteiger partial charge in [0.25, 0.3) is 0 Å². The predicted octanol–water partition coefficient (Wildman–Crippen LogP) is 9.21. The van der Waals surface area contributed by atoms with E-state index in [2.05, 4.69) is 12.1 Å². The molecule has 1 atom stereocenters. The van der Waals surface area contributed by atoms with Gasteiger partial charge in [0.2, 0.25) is 0 Å². The number of ketones is 1. The molecule has 0 spiro atoms. The zero-order valence-corrected chi connectivity index (χ0v) is 25.8. The van der Waals surface area contributed by atoms with E-state index in [1.807, 2.05) is 58.0 Å². The van der Waals surface area contributed by atoms with Crippen molar-refractivity contribution in [3.8, 4) is 6.07 Å². The van der Waals surface area contributed by atoms with Crippen LogP contribution in [-0.2, 0) is 16.7 Å². The van der Waals surface area contributed by atoms with Crippen LogP contribution in [0.25, 0.3) is 0 Å². The predicted molar refractivity (Wildman–Crippen MR) is 165 cm³/mol. The molecule has 0 radical (unpaired) electrons. The van der Waals surface area contributed by atoms with Crippen LogP contribution in [0.1, 0.15) is 60.4 Å². The van der Waals surface area contributed by atoms with E-state index < -0.39 is 23.1 Å². The summed E-state index contributed by atoms with van der Waals surface area (Å²) < 4.78 is 41.1. The molecule has 2 aliphatic rings. The van der Waals surface area contributed by atoms with Crippen LogP contribution in [0.15, 0.2) is 88.2 Å². The Bertz CT molecular complexity index is 1720. The summed E-state index contributed by atoms with van der Waals surface area (Å²) in [6.45, 7) is 7.86. The van der Waals surface area contributed by atoms with Gasteiger partial charge in [0, 0.05) is 39.0 Å². The average Bonchev–Trinajstić information content (AvgIpc) is 2.92. The molecule has 3 aromatic carbocycles. The SMILES string of the molecule is Cc1cc(CSc2ccc(Cl)cc2)c(C)c(C2C(C#N)=C(N)N(c3cccc(C(F)(F)F)c3)C3=C2C(=O)CC(C)(C)C3)c1. The van der Waals surface area contributed by atoms with E-state index in [0.717, 1.165) is 39.3 Å². The number of carbonyl (C=O) groups excluding carboxylic acids is 1. The first-order valence-electron chi connectivity index (χ1n) is 13.8. The van der Waals surface area contributed by atoms with Gasteiger partial charge in [0.15, 0.2) is 5.78 Å². The van der Waals surface area contributed by atoms with Gasteiger partial charge in [-0.05, 0) is 84.8 Å². The fraction of sp³-hybridized carbons (Fsp3) is 0.294. The molecule has 0 aromatic heterocycles. The molecule has 3 aromatic rings. The number of nitrogens with two attached hydrogens (primary N) is 1. The van der Waals surface area contributed by atoms with Gasteiger partial charge >= 0.3 is 6.18 Å². The van der Waals surface area contributed by atoms with Crippen LogP contribution in [0, 0.1) is 30.6 Å². The van der Waals surface area contributed by atoms with Crippen molar-refractivity contribution in [1.82, 2.24) is 0 Å². The second-order valence-electron chi connectivity index (χ2n) is 11.9. The second-order valence-corrected chi connectivity index (χ2v) is 13.4. The third-order valence-electron chi connectivity index (χ3n) is 8.03. The van der Waals surface area contributed by atoms with Crippen molar-refractivity contribution in [2.75, 3.05) is 4.90 Å². The summed E-state index contributed by atoms with van der Waals surface area (Å²) in [4.78, 5) is 16.5. The first-order valence-corrected chi connectivity index (χ1v) is 15.2. The summed E-state index contributed by atoms with van der Waals surface area (Å²) in [6, 6.07) is 18.8. The number of anilines is 1. The average molecular weight is 622 g/mol. The summed E-state index contributed by atoms with van der Waals surface area (Å²) in [5, 5.41) is 11.1. The molecule has 222 valence electrons. The van der Waals surface area contributed by atoms with Crippen molar-refractivity contribution in [1.29, 1.82) is 5.26 Å². The molecular formula is C34H31ClF3N3OS. The molecule has 1 aliphatic carbocycles. The summed E-state index contributed by atoms with van der Waals surface area (Å²) in [7, 11) is 0. The highest BCUT2D eigenvalue weighted by Gasteiger charge is 2.45. The maximum atomic E-state index is 14.0. The van der Waals surface area contributed by atoms with Gasteiger partial charge in [-0.2, -0.15) is 18.4 Å². The first-order chi connectivity index (χ1) is 20.2. The number of allylic oxidation sites excluding steroid dienone is 3. The minimum Gasteiger partial charge on any atom is -0.384 e. The zero-order chi connectivity index (χ0) is 31.3. The molecule has 4 nitrogen and oxygen atoms in total. The van der Waals surface area contributed by atoms with Crippen molar-refractivity contribution in [2.24, 2.45) is 11.1 Å². The Balaban J connectivity index is 1.68. The van der Waals surface area contributed by atoms with Crippen LogP contribution < -0.4 is 10.6 Å². The van der Waals surface area contributed by atoms with E-state index in [1.54, 1.807) is 11.8 Å². The lowest BCUT2D eigenvalue weighted by molar-refractivity contribution is -0.137. The lowest BCUT2D eigenvalue weighted by Gasteiger charge is -2.44. The Morgan fingerprint density at radius 2 is 1.79 bits per heavy atom. The Hall–Kier alpha value is -3.67. The Morgan fingerprint density at radius 1 is 1.09 bits per heavy atom. The molecule has 9 heteroatoms. The van der Waals surface area contributed by atoms with Gasteiger partial charge < -0.3 is 5.73 Å². The largest absolute Gasteiger partial charge is 0.416 e. The standard InChI is InChI=1S/C34H31ClF3N3OS/c1-19-12-21(18-43-25-10-8-23(35)9-11-25)20(2)26(13-19)30-27(17-39)32(40)41(24-7-5-6-22(14-24)34(36,37)38)28-15-33(3,4)16-29(42)31(28)30/h5-14,30H,15-16,18,40H2,1-4H3. The van der Waals surface area contributed by atoms with Gasteiger partial charge in [-0.15, -0.1) is 11.8 Å². The van der Waals surface area contributed by atoms with Gasteiger partial charge in [0.1, 0.15) is 5.82 Å². The molecular weight excluding hydrogens is 591 g/mol. The molecule has 1 aliphatic heterocycles. The third-order valence-corrected chi connectivity index (χ3v) is 9.34. The number of benzene rings is 3. The van der Waals surface area contributed by atoms with Gasteiger partial charge in [-0.1, -0.05) is 49.2 Å². The third kappa shape index (κ3) is 6.07. The minimum atomic E-state index is -4.57. The minimum absolute atomic E-state index is 0.0362. The molecule has 0 bridgehead atoms. The van der Waals surface area contributed by atoms with Crippen molar-refractivity contribution in [2.45, 2.75) is 63.3 Å². The number of hydrogen-bond donors (Lipinski definition) is 1. The summed E-state index contributed by atoms with van der Waals surface area (Å²) in [5.74, 6) is -0.176. The number of aryl methyl sites for hydroxylation is 1. The Morgan fingerprint density at radius 3 is 2.44 bits per heavy atom. The van der Waals surface area contributed by atoms with E-state index in [-0.39, 0.29) is 29.3 Å². The highest BCUT2D eigenvalue weighted by atomic mass is 35.5. The molecule has 0 saturated heterocycles. The lowest BCUT2D eigenvalue weighted by atomic mass is 9.68. The first kappa shape index (κ1) is 30.8. The van der Waals surface area contributed by atoms with E-state index in [9.17, 15) is 23.2 Å². The number of Topliss-reactive ketones (excluding diaryl/α,β-unsaturated/α-hetero) is 1. The van der Waals surface area contributed by atoms with Crippen molar-refractivity contribution in [3.63, 3.8) is 0 Å². The number of rotatable bonds is 5. The fourth-order valence-electron chi connectivity index (χ4n) is 6.04. The number of nitriles is 1. The molecule has 2 N–H and O–H groups in total. The molecule has 5 rings (SSSR count). The maximum Gasteiger partial charge on any atom is 0.416 e. The lowest BCUT2D eigenvalue weighted by Crippen LogP contribution is -2.42. The number of thioether (sulfide) groups is 1. The normalized spacial score (nSPS) is 18.5. The van der Waals surface area contributed by atoms with Crippen molar-refractivity contribution < 1.29 is 18.0 Å². The number of carbonyl (C=O) groups is 1. The molecule has 0 amide bonds. The van der Waals surface area contributed by atoms with Crippen LogP contribution in [0.2, 0.25) is 5.02 Å². The topological polar surface area (TPSA) is 70.1 Å². The zero-order valence-electron chi connectivity index (χ0n) is 24.3. The van der Waals surface area contributed by atoms with Crippen LogP contribution in [-0.4, -0.2) is 5.78 Å². The summed E-state index contributed by atoms with van der Waals surface area (Å²) in [5.41, 5.74) is 10.5. The highest BCUT2D eigenvalue weighted by molar-refractivity contribution is 7.98. The Kier molecular flexibility index (Phi) is 8.19. The van der Waals surface area contributed by atoms with Gasteiger partial charge in [-0.25, -0.2) is 0 Å². The van der Waals surface area contributed by atoms with Crippen LogP contribution >= 0.6 is 23.4 Å². The van der Waals surface area contributed by atoms with Crippen LogP contribution in [0.5, 0.6) is 0 Å². The molecule has 1 heterocycles. The van der Waals surface area contributed by atoms with E-state index >= 15 is 0 Å². The van der Waals surface area contributed by atoms with Crippen LogP contribution in [0.3, 0.4) is 0 Å². The Labute approximate surface area is 259 Å². The van der Waals surface area contributed by atoms with Crippen molar-refractivity contribution >= 4 is 34.8 Å². The molecule has 0 fully saturated rings. The smallest absolute Gasteiger partial charge is 0.384 e. The van der Waals surface area contributed by atoms with Crippen LogP contribution in [0.4, 0.5) is 18.9 Å². The number of alkyl halides is 3. The molecule has 0 saturated carbocycles. The number of halogens is 4. The van der Waals surface area contributed by atoms with Gasteiger partial charge in [-0.3, -0.25) is 9.69 Å². The second kappa shape index (κ2) is 11.4. The van der Waals surface area contributed by atoms with E-state index in [1.165, 1.54) is 17.0 Å². The van der Waals surface area contributed by atoms with Crippen molar-refractivity contribution in [3.05, 3.63) is 116 Å². The maximum absolute atomic E-state index is 14.0. The fourth-order valence-corrected chi connectivity index (χ4v) is 7.12. The summed E-state index contributed by atoms with van der Waals surface area (Å²) >= 11 is 7.70. The monoisotopic (exact) mass is 621 g/mol. The molecule has 43 heavy (non-hydrogen) atoms. The quantitative estimate of drug-likeness (QED) is 0.288.